The Morgan fingerprint density at radius 1 is 1.09 bits per heavy atom. The highest BCUT2D eigenvalue weighted by molar-refractivity contribution is 6.37. The van der Waals surface area contributed by atoms with Crippen LogP contribution in [0.2, 0.25) is 10.0 Å². The average Bonchev–Trinajstić information content (AvgIpc) is 2.99. The minimum atomic E-state index is -1.34. The standard InChI is InChI=1S/C31H34Cl2F3N7O2/c1-7-19(44)42-15(5)11-41(12-16(42)6)29-17-10-18(34)27(20-23(35)21(32)24(36)22(33)25(20)37)39-30(17)43(31(45)40-29)28-14(4)8-9-38-26(28)13(2)3/h7,10,13-16,28H,1,8-9,11-12,37H2,2-6H3/t14-,15-,16+,28-/m1/s1. The van der Waals surface area contributed by atoms with Crippen LogP contribution in [0.15, 0.2) is 28.5 Å². The molecule has 2 aliphatic rings. The van der Waals surface area contributed by atoms with E-state index in [1.54, 1.807) is 9.80 Å². The Balaban J connectivity index is 1.83. The van der Waals surface area contributed by atoms with E-state index in [4.69, 9.17) is 33.9 Å². The molecule has 2 aliphatic heterocycles. The molecule has 2 N–H and O–H groups in total. The second-order valence-electron chi connectivity index (χ2n) is 12.0. The molecular formula is C31H34Cl2F3N7O2. The summed E-state index contributed by atoms with van der Waals surface area (Å²) < 4.78 is 47.4. The molecule has 5 rings (SSSR count). The van der Waals surface area contributed by atoms with Gasteiger partial charge < -0.3 is 15.5 Å². The molecule has 1 aromatic carbocycles. The molecule has 0 radical (unpaired) electrons. The summed E-state index contributed by atoms with van der Waals surface area (Å²) in [6.07, 6.45) is 1.92. The van der Waals surface area contributed by atoms with Gasteiger partial charge in [-0.1, -0.05) is 50.6 Å². The van der Waals surface area contributed by atoms with Gasteiger partial charge in [0, 0.05) is 37.4 Å². The van der Waals surface area contributed by atoms with E-state index in [1.807, 2.05) is 34.6 Å². The maximum absolute atomic E-state index is 16.1. The summed E-state index contributed by atoms with van der Waals surface area (Å²) in [4.78, 5) is 43.8. The van der Waals surface area contributed by atoms with E-state index >= 15 is 8.78 Å². The highest BCUT2D eigenvalue weighted by Gasteiger charge is 2.37. The van der Waals surface area contributed by atoms with Crippen LogP contribution in [0.1, 0.15) is 47.1 Å². The fourth-order valence-corrected chi connectivity index (χ4v) is 6.98. The first-order chi connectivity index (χ1) is 21.2. The molecule has 2 aromatic heterocycles. The van der Waals surface area contributed by atoms with E-state index in [2.05, 4.69) is 16.5 Å². The molecule has 0 saturated carbocycles. The van der Waals surface area contributed by atoms with Crippen molar-refractivity contribution >= 4 is 57.4 Å². The lowest BCUT2D eigenvalue weighted by Gasteiger charge is -2.44. The number of carbonyl (C=O) groups excluding carboxylic acids is 1. The Kier molecular flexibility index (Phi) is 8.93. The predicted molar refractivity (Wildman–Crippen MR) is 172 cm³/mol. The maximum atomic E-state index is 16.1. The van der Waals surface area contributed by atoms with Gasteiger partial charge in [0.25, 0.3) is 0 Å². The Labute approximate surface area is 268 Å². The summed E-state index contributed by atoms with van der Waals surface area (Å²) >= 11 is 11.9. The number of aromatic nitrogens is 3. The number of halogens is 5. The molecule has 0 unspecified atom stereocenters. The fourth-order valence-electron chi connectivity index (χ4n) is 6.56. The molecule has 4 heterocycles. The van der Waals surface area contributed by atoms with Gasteiger partial charge in [0.05, 0.1) is 22.7 Å². The Morgan fingerprint density at radius 2 is 1.73 bits per heavy atom. The van der Waals surface area contributed by atoms with Gasteiger partial charge in [-0.05, 0) is 44.2 Å². The number of hydrogen-bond donors (Lipinski definition) is 1. The molecule has 0 spiro atoms. The van der Waals surface area contributed by atoms with E-state index in [0.29, 0.717) is 13.0 Å². The molecule has 0 bridgehead atoms. The third-order valence-corrected chi connectivity index (χ3v) is 9.31. The number of anilines is 2. The van der Waals surface area contributed by atoms with Gasteiger partial charge >= 0.3 is 5.69 Å². The van der Waals surface area contributed by atoms with Crippen molar-refractivity contribution in [3.8, 4) is 11.3 Å². The summed E-state index contributed by atoms with van der Waals surface area (Å²) in [6.45, 7) is 14.3. The van der Waals surface area contributed by atoms with Crippen molar-refractivity contribution in [2.75, 3.05) is 30.3 Å². The maximum Gasteiger partial charge on any atom is 0.351 e. The van der Waals surface area contributed by atoms with Crippen molar-refractivity contribution in [3.05, 3.63) is 56.7 Å². The molecule has 4 atom stereocenters. The number of nitrogens with two attached hydrogens (primary N) is 1. The first-order valence-corrected chi connectivity index (χ1v) is 15.4. The van der Waals surface area contributed by atoms with Crippen LogP contribution >= 0.6 is 23.2 Å². The lowest BCUT2D eigenvalue weighted by molar-refractivity contribution is -0.130. The normalized spacial score (nSPS) is 22.2. The summed E-state index contributed by atoms with van der Waals surface area (Å²) in [6, 6.07) is -0.0725. The number of nitrogens with zero attached hydrogens (tertiary/aromatic N) is 6. The largest absolute Gasteiger partial charge is 0.397 e. The summed E-state index contributed by atoms with van der Waals surface area (Å²) in [5.41, 5.74) is 4.27. The summed E-state index contributed by atoms with van der Waals surface area (Å²) in [7, 11) is 0. The van der Waals surface area contributed by atoms with Crippen molar-refractivity contribution in [2.45, 2.75) is 59.2 Å². The molecule has 1 fully saturated rings. The van der Waals surface area contributed by atoms with Crippen molar-refractivity contribution in [2.24, 2.45) is 16.8 Å². The van der Waals surface area contributed by atoms with Gasteiger partial charge in [-0.15, -0.1) is 0 Å². The van der Waals surface area contributed by atoms with Gasteiger partial charge in [0.1, 0.15) is 27.2 Å². The Bertz CT molecular complexity index is 1770. The molecule has 14 heteroatoms. The van der Waals surface area contributed by atoms with Crippen molar-refractivity contribution in [1.29, 1.82) is 0 Å². The number of fused-ring (bicyclic) bond motifs is 1. The van der Waals surface area contributed by atoms with Crippen LogP contribution in [0.5, 0.6) is 0 Å². The van der Waals surface area contributed by atoms with E-state index in [-0.39, 0.29) is 59.8 Å². The van der Waals surface area contributed by atoms with E-state index in [1.165, 1.54) is 10.6 Å². The third-order valence-electron chi connectivity index (χ3n) is 8.61. The second-order valence-corrected chi connectivity index (χ2v) is 12.8. The van der Waals surface area contributed by atoms with Crippen molar-refractivity contribution in [1.82, 2.24) is 19.4 Å². The molecule has 45 heavy (non-hydrogen) atoms. The lowest BCUT2D eigenvalue weighted by Crippen LogP contribution is -2.58. The molecule has 0 aliphatic carbocycles. The smallest absolute Gasteiger partial charge is 0.351 e. The summed E-state index contributed by atoms with van der Waals surface area (Å²) in [5, 5.41) is -1.48. The molecule has 1 amide bonds. The highest BCUT2D eigenvalue weighted by Crippen LogP contribution is 2.42. The van der Waals surface area contributed by atoms with Crippen LogP contribution in [0.3, 0.4) is 0 Å². The Hall–Kier alpha value is -3.64. The molecular weight excluding hydrogens is 630 g/mol. The van der Waals surface area contributed by atoms with E-state index in [9.17, 15) is 14.0 Å². The van der Waals surface area contributed by atoms with Crippen molar-refractivity contribution in [3.63, 3.8) is 0 Å². The number of hydrogen-bond acceptors (Lipinski definition) is 7. The van der Waals surface area contributed by atoms with Gasteiger partial charge in [-0.3, -0.25) is 14.4 Å². The minimum Gasteiger partial charge on any atom is -0.397 e. The number of aliphatic imine (C=N–C) groups is 1. The zero-order chi connectivity index (χ0) is 33.1. The monoisotopic (exact) mass is 663 g/mol. The molecule has 9 nitrogen and oxygen atoms in total. The molecule has 1 saturated heterocycles. The fraction of sp³-hybridized carbons (Fsp3) is 0.452. The zero-order valence-corrected chi connectivity index (χ0v) is 27.1. The van der Waals surface area contributed by atoms with E-state index in [0.717, 1.165) is 11.8 Å². The van der Waals surface area contributed by atoms with E-state index < -0.39 is 56.2 Å². The number of nitrogen functional groups attached to an aromatic ring is 1. The average molecular weight is 665 g/mol. The number of pyridine rings is 1. The lowest BCUT2D eigenvalue weighted by atomic mass is 9.86. The number of carbonyl (C=O) groups is 1. The van der Waals surface area contributed by atoms with Crippen LogP contribution in [-0.2, 0) is 4.79 Å². The number of rotatable bonds is 5. The SMILES string of the molecule is C=CC(=O)N1[C@H](C)CN(c2nc(=O)n([C@H]3C(C(C)C)=NCC[C@H]3C)c3nc(-c4c(N)c(Cl)c(F)c(Cl)c4F)c(F)cc23)C[C@@H]1C. The first kappa shape index (κ1) is 32.7. The highest BCUT2D eigenvalue weighted by atomic mass is 35.5. The molecule has 240 valence electrons. The zero-order valence-electron chi connectivity index (χ0n) is 25.5. The quantitative estimate of drug-likeness (QED) is 0.154. The van der Waals surface area contributed by atoms with Crippen LogP contribution in [0, 0.1) is 29.3 Å². The third kappa shape index (κ3) is 5.45. The van der Waals surface area contributed by atoms with Gasteiger partial charge in [-0.2, -0.15) is 4.98 Å². The second kappa shape index (κ2) is 12.3. The number of benzene rings is 1. The van der Waals surface area contributed by atoms with Gasteiger partial charge in [0.15, 0.2) is 17.5 Å². The number of amides is 1. The summed E-state index contributed by atoms with van der Waals surface area (Å²) in [5.74, 6) is -3.84. The van der Waals surface area contributed by atoms with Crippen LogP contribution in [0.4, 0.5) is 24.7 Å². The van der Waals surface area contributed by atoms with Gasteiger partial charge in [0.2, 0.25) is 5.91 Å². The van der Waals surface area contributed by atoms with Crippen molar-refractivity contribution < 1.29 is 18.0 Å². The Morgan fingerprint density at radius 3 is 2.33 bits per heavy atom. The van der Waals surface area contributed by atoms with Crippen LogP contribution in [0.25, 0.3) is 22.3 Å². The number of piperazine rings is 1. The predicted octanol–water partition coefficient (Wildman–Crippen LogP) is 6.05. The van der Waals surface area contributed by atoms with Gasteiger partial charge in [-0.25, -0.2) is 22.9 Å². The van der Waals surface area contributed by atoms with Crippen LogP contribution in [-0.4, -0.2) is 62.8 Å². The molecule has 3 aromatic rings. The van der Waals surface area contributed by atoms with Crippen LogP contribution < -0.4 is 16.3 Å². The topological polar surface area (TPSA) is 110 Å². The minimum absolute atomic E-state index is 0.00812. The first-order valence-electron chi connectivity index (χ1n) is 14.7.